The fourth-order valence-corrected chi connectivity index (χ4v) is 4.76. The molecule has 0 radical (unpaired) electrons. The summed E-state index contributed by atoms with van der Waals surface area (Å²) in [5.74, 6) is 0.590. The van der Waals surface area contributed by atoms with Gasteiger partial charge in [0.05, 0.1) is 12.2 Å². The van der Waals surface area contributed by atoms with Gasteiger partial charge >= 0.3 is 0 Å². The first kappa shape index (κ1) is 21.4. The number of hydrogen-bond acceptors (Lipinski definition) is 6. The van der Waals surface area contributed by atoms with E-state index in [1.54, 1.807) is 54.6 Å². The third-order valence-electron chi connectivity index (χ3n) is 4.71. The Balaban J connectivity index is 1.38. The molecule has 1 N–H and O–H groups in total. The minimum absolute atomic E-state index is 0.0658. The molecule has 0 atom stereocenters. The van der Waals surface area contributed by atoms with E-state index >= 15 is 0 Å². The van der Waals surface area contributed by atoms with Crippen LogP contribution < -0.4 is 14.8 Å². The molecule has 0 bridgehead atoms. The Labute approximate surface area is 185 Å². The highest BCUT2D eigenvalue weighted by Crippen LogP contribution is 2.30. The van der Waals surface area contributed by atoms with Gasteiger partial charge in [0.1, 0.15) is 28.7 Å². The quantitative estimate of drug-likeness (QED) is 0.587. The van der Waals surface area contributed by atoms with Gasteiger partial charge in [0.25, 0.3) is 15.9 Å². The van der Waals surface area contributed by atoms with Crippen LogP contribution in [0.5, 0.6) is 17.2 Å². The Bertz CT molecular complexity index is 1250. The Morgan fingerprint density at radius 3 is 2.12 bits per heavy atom. The van der Waals surface area contributed by atoms with Crippen LogP contribution in [-0.2, 0) is 14.8 Å². The van der Waals surface area contributed by atoms with Gasteiger partial charge in [-0.2, -0.15) is 0 Å². The Morgan fingerprint density at radius 1 is 0.906 bits per heavy atom. The van der Waals surface area contributed by atoms with Crippen molar-refractivity contribution < 1.29 is 27.5 Å². The highest BCUT2D eigenvalue weighted by atomic mass is 32.2. The molecule has 1 heterocycles. The number of ether oxygens (including phenoxy) is 2. The summed E-state index contributed by atoms with van der Waals surface area (Å²) >= 11 is 0. The van der Waals surface area contributed by atoms with Crippen molar-refractivity contribution in [3.8, 4) is 17.2 Å². The average Bonchev–Trinajstić information content (AvgIpc) is 2.97. The van der Waals surface area contributed by atoms with E-state index in [1.807, 2.05) is 6.92 Å². The summed E-state index contributed by atoms with van der Waals surface area (Å²) in [5.41, 5.74) is 0.506. The second-order valence-corrected chi connectivity index (χ2v) is 8.72. The zero-order valence-electron chi connectivity index (χ0n) is 17.1. The number of rotatable bonds is 7. The van der Waals surface area contributed by atoms with Gasteiger partial charge in [0.2, 0.25) is 5.91 Å². The van der Waals surface area contributed by atoms with Crippen LogP contribution in [0.3, 0.4) is 0 Å². The predicted molar refractivity (Wildman–Crippen MR) is 117 cm³/mol. The Hall–Kier alpha value is -3.85. The largest absolute Gasteiger partial charge is 0.494 e. The minimum Gasteiger partial charge on any atom is -0.494 e. The molecule has 0 aromatic heterocycles. The standard InChI is InChI=1S/C23H20N2O6S/c1-2-30-17-11-13-19(14-12-17)31-18-9-7-16(8-10-18)24-22(26)15-25-23(27)20-5-3-4-6-21(20)32(25,28)29/h3-14H,2,15H2,1H3,(H,24,26). The molecule has 32 heavy (non-hydrogen) atoms. The summed E-state index contributed by atoms with van der Waals surface area (Å²) in [7, 11) is -4.04. The summed E-state index contributed by atoms with van der Waals surface area (Å²) in [5, 5.41) is 2.60. The third kappa shape index (κ3) is 4.28. The van der Waals surface area contributed by atoms with Gasteiger partial charge in [-0.3, -0.25) is 9.59 Å². The van der Waals surface area contributed by atoms with Gasteiger partial charge in [0.15, 0.2) is 0 Å². The van der Waals surface area contributed by atoms with Crippen molar-refractivity contribution in [2.75, 3.05) is 18.5 Å². The van der Waals surface area contributed by atoms with E-state index in [1.165, 1.54) is 18.2 Å². The molecular formula is C23H20N2O6S. The molecule has 0 fully saturated rings. The molecule has 3 aromatic carbocycles. The fraction of sp³-hybridized carbons (Fsp3) is 0.130. The van der Waals surface area contributed by atoms with E-state index in [4.69, 9.17) is 9.47 Å². The molecule has 0 spiro atoms. The number of benzene rings is 3. The van der Waals surface area contributed by atoms with Gasteiger partial charge in [-0.05, 0) is 67.6 Å². The lowest BCUT2D eigenvalue weighted by molar-refractivity contribution is -0.116. The second kappa shape index (κ2) is 8.72. The highest BCUT2D eigenvalue weighted by molar-refractivity contribution is 7.90. The number of carbonyl (C=O) groups is 2. The maximum absolute atomic E-state index is 12.6. The van der Waals surface area contributed by atoms with Gasteiger partial charge in [0, 0.05) is 5.69 Å². The molecule has 164 valence electrons. The number of nitrogens with zero attached hydrogens (tertiary/aromatic N) is 1. The fourth-order valence-electron chi connectivity index (χ4n) is 3.23. The molecule has 0 aliphatic carbocycles. The van der Waals surface area contributed by atoms with E-state index in [-0.39, 0.29) is 10.5 Å². The summed E-state index contributed by atoms with van der Waals surface area (Å²) in [4.78, 5) is 24.7. The van der Waals surface area contributed by atoms with Gasteiger partial charge in [-0.15, -0.1) is 0 Å². The van der Waals surface area contributed by atoms with E-state index in [0.29, 0.717) is 28.1 Å². The summed E-state index contributed by atoms with van der Waals surface area (Å²) < 4.78 is 36.8. The number of anilines is 1. The molecule has 1 aliphatic rings. The first-order valence-electron chi connectivity index (χ1n) is 9.85. The number of sulfonamides is 1. The number of hydrogen-bond donors (Lipinski definition) is 1. The molecule has 4 rings (SSSR count). The average molecular weight is 452 g/mol. The highest BCUT2D eigenvalue weighted by Gasteiger charge is 2.41. The molecule has 2 amide bonds. The van der Waals surface area contributed by atoms with Crippen molar-refractivity contribution >= 4 is 27.5 Å². The Morgan fingerprint density at radius 2 is 1.50 bits per heavy atom. The SMILES string of the molecule is CCOc1ccc(Oc2ccc(NC(=O)CN3C(=O)c4ccccc4S3(=O)=O)cc2)cc1. The third-order valence-corrected chi connectivity index (χ3v) is 6.49. The minimum atomic E-state index is -4.04. The first-order valence-corrected chi connectivity index (χ1v) is 11.3. The molecule has 1 aliphatic heterocycles. The van der Waals surface area contributed by atoms with Gasteiger partial charge in [-0.1, -0.05) is 12.1 Å². The maximum atomic E-state index is 12.6. The molecule has 8 nitrogen and oxygen atoms in total. The molecule has 0 saturated heterocycles. The van der Waals surface area contributed by atoms with Crippen LogP contribution in [0.4, 0.5) is 5.69 Å². The lowest BCUT2D eigenvalue weighted by Crippen LogP contribution is -2.37. The Kier molecular flexibility index (Phi) is 5.83. The molecule has 9 heteroatoms. The van der Waals surface area contributed by atoms with Crippen LogP contribution >= 0.6 is 0 Å². The van der Waals surface area contributed by atoms with Crippen molar-refractivity contribution in [2.24, 2.45) is 0 Å². The zero-order valence-corrected chi connectivity index (χ0v) is 18.0. The monoisotopic (exact) mass is 452 g/mol. The molecule has 3 aromatic rings. The summed E-state index contributed by atoms with van der Waals surface area (Å²) in [6, 6.07) is 19.6. The van der Waals surface area contributed by atoms with Crippen LogP contribution in [0, 0.1) is 0 Å². The topological polar surface area (TPSA) is 102 Å². The van der Waals surface area contributed by atoms with Crippen molar-refractivity contribution in [3.63, 3.8) is 0 Å². The van der Waals surface area contributed by atoms with Crippen molar-refractivity contribution in [1.29, 1.82) is 0 Å². The predicted octanol–water partition coefficient (Wildman–Crippen LogP) is 3.66. The summed E-state index contributed by atoms with van der Waals surface area (Å²) in [6.07, 6.45) is 0. The van der Waals surface area contributed by atoms with Crippen molar-refractivity contribution in [3.05, 3.63) is 78.4 Å². The van der Waals surface area contributed by atoms with Crippen LogP contribution in [0.2, 0.25) is 0 Å². The van der Waals surface area contributed by atoms with Crippen LogP contribution in [0.25, 0.3) is 0 Å². The van der Waals surface area contributed by atoms with E-state index in [9.17, 15) is 18.0 Å². The van der Waals surface area contributed by atoms with Crippen LogP contribution in [-0.4, -0.2) is 37.7 Å². The van der Waals surface area contributed by atoms with E-state index in [2.05, 4.69) is 5.32 Å². The van der Waals surface area contributed by atoms with E-state index in [0.717, 1.165) is 5.75 Å². The van der Waals surface area contributed by atoms with Crippen LogP contribution in [0.15, 0.2) is 77.7 Å². The number of fused-ring (bicyclic) bond motifs is 1. The smallest absolute Gasteiger partial charge is 0.269 e. The molecule has 0 unspecified atom stereocenters. The zero-order chi connectivity index (χ0) is 22.7. The van der Waals surface area contributed by atoms with E-state index < -0.39 is 28.4 Å². The van der Waals surface area contributed by atoms with Crippen molar-refractivity contribution in [2.45, 2.75) is 11.8 Å². The number of nitrogens with one attached hydrogen (secondary N) is 1. The molecular weight excluding hydrogens is 432 g/mol. The van der Waals surface area contributed by atoms with Crippen LogP contribution in [0.1, 0.15) is 17.3 Å². The number of amides is 2. The van der Waals surface area contributed by atoms with Crippen molar-refractivity contribution in [1.82, 2.24) is 4.31 Å². The number of carbonyl (C=O) groups excluding carboxylic acids is 2. The lowest BCUT2D eigenvalue weighted by Gasteiger charge is -2.15. The van der Waals surface area contributed by atoms with Gasteiger partial charge in [-0.25, -0.2) is 12.7 Å². The summed E-state index contributed by atoms with van der Waals surface area (Å²) in [6.45, 7) is 1.88. The maximum Gasteiger partial charge on any atom is 0.269 e. The second-order valence-electron chi connectivity index (χ2n) is 6.89. The lowest BCUT2D eigenvalue weighted by atomic mass is 10.2. The van der Waals surface area contributed by atoms with Gasteiger partial charge < -0.3 is 14.8 Å². The normalized spacial score (nSPS) is 14.0. The molecule has 0 saturated carbocycles. The first-order chi connectivity index (χ1) is 15.4.